The van der Waals surface area contributed by atoms with Gasteiger partial charge in [-0.15, -0.1) is 0 Å². The monoisotopic (exact) mass is 125 g/mol. The molecule has 0 aliphatic heterocycles. The summed E-state index contributed by atoms with van der Waals surface area (Å²) in [6, 6.07) is 0. The molecule has 0 saturated carbocycles. The molecule has 4 heteroatoms. The number of rotatable bonds is 0. The van der Waals surface area contributed by atoms with Crippen LogP contribution >= 0.6 is 0 Å². The fourth-order valence-electron chi connectivity index (χ4n) is 0. The number of hydrogen-bond donors (Lipinski definition) is 0. The summed E-state index contributed by atoms with van der Waals surface area (Å²) in [7, 11) is 0. The van der Waals surface area contributed by atoms with Crippen molar-refractivity contribution in [1.82, 2.24) is 0 Å². The summed E-state index contributed by atoms with van der Waals surface area (Å²) in [4.78, 5) is 0. The van der Waals surface area contributed by atoms with E-state index in [1.807, 2.05) is 0 Å². The standard InChI is InChI=1S/Al.Li.Mg.Zn.3H/q;+1;+2;;3*-1. The molecule has 0 nitrogen and oxygen atoms in total. The second-order valence-corrected chi connectivity index (χ2v) is 0. The van der Waals surface area contributed by atoms with Gasteiger partial charge < -0.3 is 4.28 Å². The second kappa shape index (κ2) is 17.8. The Morgan fingerprint density at radius 2 is 1.25 bits per heavy atom. The van der Waals surface area contributed by atoms with E-state index in [4.69, 9.17) is 0 Å². The fraction of sp³-hybridized carbons (Fsp3) is 0. The summed E-state index contributed by atoms with van der Waals surface area (Å²) in [5.74, 6) is 0. The molecule has 0 atom stereocenters. The van der Waals surface area contributed by atoms with Crippen molar-refractivity contribution in [2.24, 2.45) is 0 Å². The average Bonchev–Trinajstić information content (AvgIpc) is 0. The Kier molecular flexibility index (Phi) is 139. The van der Waals surface area contributed by atoms with Gasteiger partial charge >= 0.3 is 41.9 Å². The SMILES string of the molecule is [Al].[H-].[H-].[H-].[Li+].[Mg+2].[Zn]. The minimum Gasteiger partial charge on any atom is -1.00 e. The van der Waals surface area contributed by atoms with Gasteiger partial charge in [0.15, 0.2) is 0 Å². The van der Waals surface area contributed by atoms with Gasteiger partial charge in [0, 0.05) is 36.8 Å². The zero-order valence-electron chi connectivity index (χ0n) is 5.99. The van der Waals surface area contributed by atoms with Crippen molar-refractivity contribution in [3.8, 4) is 0 Å². The molecule has 3 radical (unpaired) electrons. The van der Waals surface area contributed by atoms with Crippen molar-refractivity contribution in [3.63, 3.8) is 0 Å². The normalized spacial score (nSPS) is 0. The van der Waals surface area contributed by atoms with E-state index >= 15 is 0 Å². The van der Waals surface area contributed by atoms with Crippen molar-refractivity contribution in [1.29, 1.82) is 0 Å². The Balaban J connectivity index is 0. The molecule has 0 aromatic carbocycles. The van der Waals surface area contributed by atoms with Crippen LogP contribution in [-0.4, -0.2) is 40.4 Å². The molecule has 4 heavy (non-hydrogen) atoms. The van der Waals surface area contributed by atoms with Gasteiger partial charge in [0.1, 0.15) is 0 Å². The van der Waals surface area contributed by atoms with Crippen LogP contribution in [0.3, 0.4) is 0 Å². The third-order valence-corrected chi connectivity index (χ3v) is 0. The second-order valence-electron chi connectivity index (χ2n) is 0. The van der Waals surface area contributed by atoms with E-state index in [9.17, 15) is 0 Å². The van der Waals surface area contributed by atoms with Crippen LogP contribution in [0.1, 0.15) is 4.28 Å². The van der Waals surface area contributed by atoms with Gasteiger partial charge in [-0.25, -0.2) is 0 Å². The molecule has 0 unspecified atom stereocenters. The Bertz CT molecular complexity index is 14.9. The summed E-state index contributed by atoms with van der Waals surface area (Å²) in [6.45, 7) is 0. The maximum atomic E-state index is 0. The van der Waals surface area contributed by atoms with Crippen molar-refractivity contribution in [3.05, 3.63) is 0 Å². The first-order valence-corrected chi connectivity index (χ1v) is 0. The maximum Gasteiger partial charge on any atom is 2.00 e. The van der Waals surface area contributed by atoms with E-state index in [2.05, 4.69) is 0 Å². The smallest absolute Gasteiger partial charge is 1.00 e. The molecule has 0 spiro atoms. The van der Waals surface area contributed by atoms with E-state index < -0.39 is 0 Å². The molecule has 0 aliphatic carbocycles. The van der Waals surface area contributed by atoms with E-state index in [-0.39, 0.29) is 83.0 Å². The summed E-state index contributed by atoms with van der Waals surface area (Å²) in [5, 5.41) is 0. The maximum absolute atomic E-state index is 0. The van der Waals surface area contributed by atoms with Gasteiger partial charge in [-0.05, 0) is 0 Å². The van der Waals surface area contributed by atoms with Crippen LogP contribution in [0.2, 0.25) is 0 Å². The largest absolute Gasteiger partial charge is 2.00 e. The summed E-state index contributed by atoms with van der Waals surface area (Å²) in [5.41, 5.74) is 0. The fourth-order valence-corrected chi connectivity index (χ4v) is 0. The molecule has 0 rings (SSSR count). The molecule has 0 aromatic rings. The summed E-state index contributed by atoms with van der Waals surface area (Å²) in [6.07, 6.45) is 0. The molecule has 0 N–H and O–H groups in total. The van der Waals surface area contributed by atoms with Gasteiger partial charge in [-0.3, -0.25) is 0 Å². The first kappa shape index (κ1) is 31.3. The van der Waals surface area contributed by atoms with Crippen molar-refractivity contribution in [2.45, 2.75) is 0 Å². The van der Waals surface area contributed by atoms with E-state index in [0.717, 1.165) is 0 Å². The minimum atomic E-state index is 0. The van der Waals surface area contributed by atoms with Crippen LogP contribution in [-0.2, 0) is 19.5 Å². The molecule has 0 heterocycles. The predicted molar refractivity (Wildman–Crippen MR) is 14.8 cm³/mol. The molecule has 11 valence electrons. The molecular weight excluding hydrogens is 124 g/mol. The van der Waals surface area contributed by atoms with Crippen molar-refractivity contribution < 1.29 is 42.6 Å². The Morgan fingerprint density at radius 3 is 1.25 bits per heavy atom. The zero-order chi connectivity index (χ0) is 0. The van der Waals surface area contributed by atoms with Crippen molar-refractivity contribution >= 4 is 40.4 Å². The molecule has 0 saturated heterocycles. The third-order valence-electron chi connectivity index (χ3n) is 0. The zero-order valence-corrected chi connectivity index (χ0v) is 8.53. The Morgan fingerprint density at radius 1 is 1.25 bits per heavy atom. The van der Waals surface area contributed by atoms with E-state index in [1.165, 1.54) is 0 Å². The first-order valence-electron chi connectivity index (χ1n) is 0. The van der Waals surface area contributed by atoms with Crippen LogP contribution in [0.15, 0.2) is 0 Å². The Hall–Kier alpha value is 2.52. The molecule has 0 bridgehead atoms. The first-order chi connectivity index (χ1) is 0. The Labute approximate surface area is 82.1 Å². The minimum absolute atomic E-state index is 0. The third kappa shape index (κ3) is 8.82. The van der Waals surface area contributed by atoms with E-state index in [1.54, 1.807) is 0 Å². The molecular formula is H3AlLiMgZn. The quantitative estimate of drug-likeness (QED) is 0.297. The van der Waals surface area contributed by atoms with Crippen LogP contribution in [0.25, 0.3) is 0 Å². The van der Waals surface area contributed by atoms with Crippen LogP contribution < -0.4 is 18.9 Å². The van der Waals surface area contributed by atoms with Gasteiger partial charge in [0.2, 0.25) is 0 Å². The van der Waals surface area contributed by atoms with Gasteiger partial charge in [-0.2, -0.15) is 0 Å². The van der Waals surface area contributed by atoms with Gasteiger partial charge in [-0.1, -0.05) is 0 Å². The summed E-state index contributed by atoms with van der Waals surface area (Å²) >= 11 is 0. The summed E-state index contributed by atoms with van der Waals surface area (Å²) < 4.78 is 0. The predicted octanol–water partition coefficient (Wildman–Crippen LogP) is -3.42. The molecule has 0 fully saturated rings. The van der Waals surface area contributed by atoms with Crippen molar-refractivity contribution in [2.75, 3.05) is 0 Å². The van der Waals surface area contributed by atoms with Crippen LogP contribution in [0, 0.1) is 0 Å². The average molecular weight is 127 g/mol. The number of hydrogen-bond acceptors (Lipinski definition) is 0. The van der Waals surface area contributed by atoms with Crippen LogP contribution in [0.5, 0.6) is 0 Å². The molecule has 0 aliphatic rings. The van der Waals surface area contributed by atoms with Crippen LogP contribution in [0.4, 0.5) is 0 Å². The molecule has 0 amide bonds. The molecule has 0 aromatic heterocycles. The topological polar surface area (TPSA) is 0 Å². The van der Waals surface area contributed by atoms with Gasteiger partial charge in [0.05, 0.1) is 0 Å². The van der Waals surface area contributed by atoms with E-state index in [0.29, 0.717) is 0 Å². The van der Waals surface area contributed by atoms with Gasteiger partial charge in [0.25, 0.3) is 0 Å².